The minimum atomic E-state index is -3.37. The highest BCUT2D eigenvalue weighted by molar-refractivity contribution is 9.10. The van der Waals surface area contributed by atoms with E-state index in [1.807, 2.05) is 0 Å². The maximum Gasteiger partial charge on any atom is 0.350 e. The molecule has 0 N–H and O–H groups in total. The summed E-state index contributed by atoms with van der Waals surface area (Å²) in [6, 6.07) is 5.89. The normalized spacial score (nSPS) is 11.9. The largest absolute Gasteiger partial charge is 0.350 e. The first-order valence-corrected chi connectivity index (χ1v) is 6.05. The van der Waals surface area contributed by atoms with E-state index < -0.39 is 17.4 Å². The lowest BCUT2D eigenvalue weighted by Crippen LogP contribution is -2.21. The van der Waals surface area contributed by atoms with Crippen molar-refractivity contribution in [2.24, 2.45) is 0 Å². The molecule has 5 nitrogen and oxygen atoms in total. The Labute approximate surface area is 114 Å². The van der Waals surface area contributed by atoms with E-state index in [1.54, 1.807) is 12.1 Å². The first-order valence-electron chi connectivity index (χ1n) is 5.26. The minimum absolute atomic E-state index is 0.335. The van der Waals surface area contributed by atoms with Crippen molar-refractivity contribution in [2.75, 3.05) is 0 Å². The van der Waals surface area contributed by atoms with E-state index in [9.17, 15) is 8.78 Å². The Morgan fingerprint density at radius 2 is 1.95 bits per heavy atom. The molecule has 0 aliphatic carbocycles. The SMILES string of the molecule is FC(F)(c1cccnn1)c1nnc2ccc(Br)cn12. The van der Waals surface area contributed by atoms with Crippen molar-refractivity contribution in [1.29, 1.82) is 0 Å². The number of halogens is 3. The van der Waals surface area contributed by atoms with Gasteiger partial charge in [-0.3, -0.25) is 4.40 Å². The number of rotatable bonds is 2. The van der Waals surface area contributed by atoms with Crippen molar-refractivity contribution in [3.8, 4) is 0 Å². The maximum absolute atomic E-state index is 14.3. The fraction of sp³-hybridized carbons (Fsp3) is 0.0909. The van der Waals surface area contributed by atoms with Crippen molar-refractivity contribution in [3.63, 3.8) is 0 Å². The maximum atomic E-state index is 14.3. The third-order valence-corrected chi connectivity index (χ3v) is 3.01. The van der Waals surface area contributed by atoms with Gasteiger partial charge in [-0.25, -0.2) is 0 Å². The summed E-state index contributed by atoms with van der Waals surface area (Å²) in [6.45, 7) is 0. The van der Waals surface area contributed by atoms with Crippen LogP contribution in [0.3, 0.4) is 0 Å². The molecule has 0 aromatic carbocycles. The molecule has 19 heavy (non-hydrogen) atoms. The molecule has 0 saturated carbocycles. The van der Waals surface area contributed by atoms with Crippen LogP contribution < -0.4 is 0 Å². The van der Waals surface area contributed by atoms with Crippen molar-refractivity contribution in [2.45, 2.75) is 5.92 Å². The van der Waals surface area contributed by atoms with Gasteiger partial charge in [0.25, 0.3) is 0 Å². The van der Waals surface area contributed by atoms with Gasteiger partial charge >= 0.3 is 5.92 Å². The summed E-state index contributed by atoms with van der Waals surface area (Å²) in [6.07, 6.45) is 2.81. The van der Waals surface area contributed by atoms with Gasteiger partial charge < -0.3 is 0 Å². The molecule has 8 heteroatoms. The molecular formula is C11H6BrF2N5. The van der Waals surface area contributed by atoms with Crippen LogP contribution in [0.1, 0.15) is 11.5 Å². The molecule has 96 valence electrons. The topological polar surface area (TPSA) is 56.0 Å². The molecule has 0 fully saturated rings. The zero-order valence-electron chi connectivity index (χ0n) is 9.33. The third kappa shape index (κ3) is 1.97. The number of hydrogen-bond donors (Lipinski definition) is 0. The van der Waals surface area contributed by atoms with Gasteiger partial charge in [0.1, 0.15) is 5.69 Å². The second-order valence-corrected chi connectivity index (χ2v) is 4.70. The number of hydrogen-bond acceptors (Lipinski definition) is 4. The molecule has 0 radical (unpaired) electrons. The van der Waals surface area contributed by atoms with Gasteiger partial charge in [0.15, 0.2) is 5.65 Å². The fourth-order valence-electron chi connectivity index (χ4n) is 1.66. The van der Waals surface area contributed by atoms with E-state index >= 15 is 0 Å². The van der Waals surface area contributed by atoms with Gasteiger partial charge in [-0.15, -0.1) is 15.3 Å². The predicted octanol–water partition coefficient (Wildman–Crippen LogP) is 2.42. The highest BCUT2D eigenvalue weighted by Crippen LogP contribution is 2.33. The van der Waals surface area contributed by atoms with Crippen LogP contribution in [0.2, 0.25) is 0 Å². The smallest absolute Gasteiger partial charge is 0.280 e. The lowest BCUT2D eigenvalue weighted by atomic mass is 10.2. The molecule has 0 atom stereocenters. The molecule has 3 aromatic heterocycles. The number of alkyl halides is 2. The number of aromatic nitrogens is 5. The van der Waals surface area contributed by atoms with Gasteiger partial charge in [0, 0.05) is 16.9 Å². The summed E-state index contributed by atoms with van der Waals surface area (Å²) in [5.41, 5.74) is -0.133. The van der Waals surface area contributed by atoms with Crippen LogP contribution in [0.25, 0.3) is 5.65 Å². The van der Waals surface area contributed by atoms with E-state index in [0.29, 0.717) is 10.1 Å². The van der Waals surface area contributed by atoms with Crippen molar-refractivity contribution in [3.05, 3.63) is 52.7 Å². The lowest BCUT2D eigenvalue weighted by molar-refractivity contribution is 0.0260. The quantitative estimate of drug-likeness (QED) is 0.726. The molecule has 3 aromatic rings. The van der Waals surface area contributed by atoms with Crippen LogP contribution in [-0.4, -0.2) is 24.8 Å². The Hall–Kier alpha value is -1.96. The molecule has 3 heterocycles. The zero-order valence-corrected chi connectivity index (χ0v) is 10.9. The summed E-state index contributed by atoms with van der Waals surface area (Å²) >= 11 is 3.23. The second-order valence-electron chi connectivity index (χ2n) is 3.78. The average molecular weight is 326 g/mol. The van der Waals surface area contributed by atoms with Gasteiger partial charge in [-0.2, -0.15) is 13.9 Å². The molecule has 3 rings (SSSR count). The van der Waals surface area contributed by atoms with Crippen LogP contribution >= 0.6 is 15.9 Å². The highest BCUT2D eigenvalue weighted by atomic mass is 79.9. The van der Waals surface area contributed by atoms with E-state index in [-0.39, 0.29) is 0 Å². The standard InChI is InChI=1S/C11H6BrF2N5/c12-7-3-4-9-17-18-10(19(9)6-7)11(13,14)8-2-1-5-15-16-8/h1-6H. The summed E-state index contributed by atoms with van der Waals surface area (Å²) in [5.74, 6) is -3.86. The van der Waals surface area contributed by atoms with Gasteiger partial charge in [-0.1, -0.05) is 0 Å². The number of fused-ring (bicyclic) bond motifs is 1. The van der Waals surface area contributed by atoms with Gasteiger partial charge in [0.05, 0.1) is 0 Å². The minimum Gasteiger partial charge on any atom is -0.280 e. The van der Waals surface area contributed by atoms with Gasteiger partial charge in [0.2, 0.25) is 5.82 Å². The summed E-state index contributed by atoms with van der Waals surface area (Å²) in [7, 11) is 0. The number of pyridine rings is 1. The molecule has 0 unspecified atom stereocenters. The summed E-state index contributed by atoms with van der Waals surface area (Å²) in [5, 5.41) is 14.2. The van der Waals surface area contributed by atoms with E-state index in [2.05, 4.69) is 36.3 Å². The van der Waals surface area contributed by atoms with Crippen LogP contribution in [0.15, 0.2) is 41.1 Å². The first-order chi connectivity index (χ1) is 9.09. The monoisotopic (exact) mass is 325 g/mol. The van der Waals surface area contributed by atoms with Crippen LogP contribution in [0, 0.1) is 0 Å². The zero-order chi connectivity index (χ0) is 13.5. The van der Waals surface area contributed by atoms with Gasteiger partial charge in [-0.05, 0) is 40.2 Å². The van der Waals surface area contributed by atoms with E-state index in [0.717, 1.165) is 0 Å². The van der Waals surface area contributed by atoms with Crippen molar-refractivity contribution in [1.82, 2.24) is 24.8 Å². The fourth-order valence-corrected chi connectivity index (χ4v) is 2.00. The molecular weight excluding hydrogens is 320 g/mol. The predicted molar refractivity (Wildman–Crippen MR) is 65.7 cm³/mol. The second kappa shape index (κ2) is 4.30. The van der Waals surface area contributed by atoms with E-state index in [1.165, 1.54) is 28.9 Å². The van der Waals surface area contributed by atoms with Crippen LogP contribution in [-0.2, 0) is 5.92 Å². The lowest BCUT2D eigenvalue weighted by Gasteiger charge is -2.12. The Morgan fingerprint density at radius 1 is 1.11 bits per heavy atom. The Kier molecular flexibility index (Phi) is 2.74. The summed E-state index contributed by atoms with van der Waals surface area (Å²) < 4.78 is 30.6. The van der Waals surface area contributed by atoms with Crippen molar-refractivity contribution < 1.29 is 8.78 Å². The van der Waals surface area contributed by atoms with Crippen LogP contribution in [0.4, 0.5) is 8.78 Å². The van der Waals surface area contributed by atoms with Crippen LogP contribution in [0.5, 0.6) is 0 Å². The molecule has 0 spiro atoms. The highest BCUT2D eigenvalue weighted by Gasteiger charge is 2.41. The Morgan fingerprint density at radius 3 is 2.68 bits per heavy atom. The molecule has 0 aliphatic rings. The Balaban J connectivity index is 2.21. The van der Waals surface area contributed by atoms with E-state index in [4.69, 9.17) is 0 Å². The molecule has 0 aliphatic heterocycles. The number of nitrogens with zero attached hydrogens (tertiary/aromatic N) is 5. The Bertz CT molecular complexity index is 728. The molecule has 0 amide bonds. The van der Waals surface area contributed by atoms with Crippen molar-refractivity contribution >= 4 is 21.6 Å². The summed E-state index contributed by atoms with van der Waals surface area (Å²) in [4.78, 5) is 0. The molecule has 0 saturated heterocycles. The molecule has 0 bridgehead atoms. The third-order valence-electron chi connectivity index (χ3n) is 2.54. The first kappa shape index (κ1) is 12.1. The average Bonchev–Trinajstić information content (AvgIpc) is 2.83.